The third kappa shape index (κ3) is 2.50. The van der Waals surface area contributed by atoms with Crippen LogP contribution in [0.1, 0.15) is 31.2 Å². The summed E-state index contributed by atoms with van der Waals surface area (Å²) >= 11 is 6.01. The van der Waals surface area contributed by atoms with E-state index in [9.17, 15) is 4.79 Å². The number of pyridine rings is 1. The Morgan fingerprint density at radius 1 is 1.53 bits per heavy atom. The quantitative estimate of drug-likeness (QED) is 0.828. The van der Waals surface area contributed by atoms with Crippen molar-refractivity contribution in [2.75, 3.05) is 7.11 Å². The SMILES string of the molecule is COC1(C(=O)Cc2ccncc2Cl)CCCC1. The molecular weight excluding hydrogens is 238 g/mol. The van der Waals surface area contributed by atoms with Gasteiger partial charge in [-0.25, -0.2) is 0 Å². The molecule has 0 N–H and O–H groups in total. The van der Waals surface area contributed by atoms with Crippen molar-refractivity contribution >= 4 is 17.4 Å². The van der Waals surface area contributed by atoms with Crippen molar-refractivity contribution in [3.05, 3.63) is 29.0 Å². The molecule has 4 heteroatoms. The van der Waals surface area contributed by atoms with E-state index in [-0.39, 0.29) is 5.78 Å². The largest absolute Gasteiger partial charge is 0.370 e. The first-order valence-electron chi connectivity index (χ1n) is 5.85. The molecule has 92 valence electrons. The number of ether oxygens (including phenoxy) is 1. The van der Waals surface area contributed by atoms with E-state index in [1.165, 1.54) is 0 Å². The Bertz CT molecular complexity index is 414. The number of methoxy groups -OCH3 is 1. The van der Waals surface area contributed by atoms with Crippen LogP contribution in [0.15, 0.2) is 18.5 Å². The Labute approximate surface area is 106 Å². The number of hydrogen-bond acceptors (Lipinski definition) is 3. The summed E-state index contributed by atoms with van der Waals surface area (Å²) in [5, 5.41) is 0.546. The number of carbonyl (C=O) groups excluding carboxylic acids is 1. The lowest BCUT2D eigenvalue weighted by molar-refractivity contribution is -0.139. The fourth-order valence-electron chi connectivity index (χ4n) is 2.42. The van der Waals surface area contributed by atoms with Crippen molar-refractivity contribution in [3.63, 3.8) is 0 Å². The molecule has 0 aromatic carbocycles. The highest BCUT2D eigenvalue weighted by atomic mass is 35.5. The predicted molar refractivity (Wildman–Crippen MR) is 66.2 cm³/mol. The second-order valence-electron chi connectivity index (χ2n) is 4.47. The van der Waals surface area contributed by atoms with Crippen molar-refractivity contribution in [1.29, 1.82) is 0 Å². The maximum absolute atomic E-state index is 12.3. The molecule has 0 atom stereocenters. The molecular formula is C13H16ClNO2. The minimum absolute atomic E-state index is 0.130. The lowest BCUT2D eigenvalue weighted by atomic mass is 9.92. The van der Waals surface area contributed by atoms with Crippen LogP contribution in [0, 0.1) is 0 Å². The fraction of sp³-hybridized carbons (Fsp3) is 0.538. The van der Waals surface area contributed by atoms with E-state index in [0.29, 0.717) is 11.4 Å². The predicted octanol–water partition coefficient (Wildman–Crippen LogP) is 2.81. The van der Waals surface area contributed by atoms with Gasteiger partial charge in [-0.1, -0.05) is 11.6 Å². The molecule has 1 aromatic rings. The zero-order valence-corrected chi connectivity index (χ0v) is 10.7. The standard InChI is InChI=1S/C13H16ClNO2/c1-17-13(5-2-3-6-13)12(16)8-10-4-7-15-9-11(10)14/h4,7,9H,2-3,5-6,8H2,1H3. The van der Waals surface area contributed by atoms with E-state index in [0.717, 1.165) is 31.2 Å². The van der Waals surface area contributed by atoms with Crippen LogP contribution < -0.4 is 0 Å². The molecule has 0 aliphatic heterocycles. The molecule has 1 heterocycles. The minimum atomic E-state index is -0.577. The van der Waals surface area contributed by atoms with Gasteiger partial charge in [-0.15, -0.1) is 0 Å². The van der Waals surface area contributed by atoms with Crippen LogP contribution in [0.2, 0.25) is 5.02 Å². The molecule has 0 saturated heterocycles. The van der Waals surface area contributed by atoms with Crippen LogP contribution in [0.3, 0.4) is 0 Å². The summed E-state index contributed by atoms with van der Waals surface area (Å²) in [6, 6.07) is 1.79. The molecule has 1 saturated carbocycles. The van der Waals surface area contributed by atoms with Gasteiger partial charge in [0, 0.05) is 25.9 Å². The summed E-state index contributed by atoms with van der Waals surface area (Å²) in [6.45, 7) is 0. The van der Waals surface area contributed by atoms with E-state index in [2.05, 4.69) is 4.98 Å². The number of halogens is 1. The molecule has 17 heavy (non-hydrogen) atoms. The molecule has 0 radical (unpaired) electrons. The van der Waals surface area contributed by atoms with Gasteiger partial charge in [0.15, 0.2) is 5.78 Å². The Balaban J connectivity index is 2.14. The fourth-order valence-corrected chi connectivity index (χ4v) is 2.61. The van der Waals surface area contributed by atoms with Crippen LogP contribution in [0.4, 0.5) is 0 Å². The first-order chi connectivity index (χ1) is 8.18. The Morgan fingerprint density at radius 3 is 2.82 bits per heavy atom. The maximum atomic E-state index is 12.3. The lowest BCUT2D eigenvalue weighted by Crippen LogP contribution is -2.38. The number of aromatic nitrogens is 1. The molecule has 1 aliphatic rings. The smallest absolute Gasteiger partial charge is 0.169 e. The monoisotopic (exact) mass is 253 g/mol. The molecule has 1 fully saturated rings. The van der Waals surface area contributed by atoms with Crippen LogP contribution in [0.25, 0.3) is 0 Å². The molecule has 3 nitrogen and oxygen atoms in total. The third-order valence-corrected chi connectivity index (χ3v) is 3.86. The van der Waals surface area contributed by atoms with Crippen LogP contribution >= 0.6 is 11.6 Å². The number of ketones is 1. The van der Waals surface area contributed by atoms with Gasteiger partial charge in [0.05, 0.1) is 5.02 Å². The third-order valence-electron chi connectivity index (χ3n) is 3.52. The lowest BCUT2D eigenvalue weighted by Gasteiger charge is -2.25. The van der Waals surface area contributed by atoms with Crippen molar-refractivity contribution in [2.45, 2.75) is 37.7 Å². The molecule has 0 spiro atoms. The zero-order chi connectivity index (χ0) is 12.3. The van der Waals surface area contributed by atoms with Crippen molar-refractivity contribution in [2.24, 2.45) is 0 Å². The summed E-state index contributed by atoms with van der Waals surface area (Å²) in [6.07, 6.45) is 7.32. The topological polar surface area (TPSA) is 39.2 Å². The average molecular weight is 254 g/mol. The molecule has 0 amide bonds. The molecule has 0 unspecified atom stereocenters. The van der Waals surface area contributed by atoms with E-state index in [4.69, 9.17) is 16.3 Å². The Kier molecular flexibility index (Phi) is 3.79. The highest BCUT2D eigenvalue weighted by molar-refractivity contribution is 6.31. The number of carbonyl (C=O) groups is 1. The van der Waals surface area contributed by atoms with Crippen molar-refractivity contribution < 1.29 is 9.53 Å². The van der Waals surface area contributed by atoms with Gasteiger partial charge in [0.25, 0.3) is 0 Å². The normalized spacial score (nSPS) is 18.2. The molecule has 0 bridgehead atoms. The average Bonchev–Trinajstić information content (AvgIpc) is 2.82. The van der Waals surface area contributed by atoms with Gasteiger partial charge in [0.2, 0.25) is 0 Å². The number of nitrogens with zero attached hydrogens (tertiary/aromatic N) is 1. The van der Waals surface area contributed by atoms with Crippen LogP contribution in [-0.2, 0) is 16.0 Å². The van der Waals surface area contributed by atoms with Gasteiger partial charge in [-0.2, -0.15) is 0 Å². The van der Waals surface area contributed by atoms with E-state index >= 15 is 0 Å². The first kappa shape index (κ1) is 12.5. The maximum Gasteiger partial charge on any atom is 0.169 e. The number of Topliss-reactive ketones (excluding diaryl/α,β-unsaturated/α-hetero) is 1. The number of rotatable bonds is 4. The summed E-state index contributed by atoms with van der Waals surface area (Å²) < 4.78 is 5.46. The minimum Gasteiger partial charge on any atom is -0.370 e. The second-order valence-corrected chi connectivity index (χ2v) is 4.88. The van der Waals surface area contributed by atoms with E-state index < -0.39 is 5.60 Å². The van der Waals surface area contributed by atoms with Gasteiger partial charge >= 0.3 is 0 Å². The molecule has 1 aliphatic carbocycles. The molecule has 1 aromatic heterocycles. The van der Waals surface area contributed by atoms with Crippen LogP contribution in [0.5, 0.6) is 0 Å². The van der Waals surface area contributed by atoms with Gasteiger partial charge < -0.3 is 4.74 Å². The van der Waals surface area contributed by atoms with Crippen molar-refractivity contribution in [1.82, 2.24) is 4.98 Å². The Morgan fingerprint density at radius 2 is 2.24 bits per heavy atom. The highest BCUT2D eigenvalue weighted by Crippen LogP contribution is 2.34. The van der Waals surface area contributed by atoms with Crippen molar-refractivity contribution in [3.8, 4) is 0 Å². The molecule has 2 rings (SSSR count). The van der Waals surface area contributed by atoms with E-state index in [1.54, 1.807) is 25.6 Å². The number of hydrogen-bond donors (Lipinski definition) is 0. The highest BCUT2D eigenvalue weighted by Gasteiger charge is 2.40. The van der Waals surface area contributed by atoms with Gasteiger partial charge in [-0.3, -0.25) is 9.78 Å². The zero-order valence-electron chi connectivity index (χ0n) is 9.91. The van der Waals surface area contributed by atoms with Gasteiger partial charge in [-0.05, 0) is 37.3 Å². The van der Waals surface area contributed by atoms with Gasteiger partial charge in [0.1, 0.15) is 5.60 Å². The summed E-state index contributed by atoms with van der Waals surface area (Å²) in [5.41, 5.74) is 0.252. The van der Waals surface area contributed by atoms with E-state index in [1.807, 2.05) is 0 Å². The first-order valence-corrected chi connectivity index (χ1v) is 6.22. The van der Waals surface area contributed by atoms with Crippen LogP contribution in [-0.4, -0.2) is 23.5 Å². The summed E-state index contributed by atoms with van der Waals surface area (Å²) in [5.74, 6) is 0.130. The Hall–Kier alpha value is -0.930. The second kappa shape index (κ2) is 5.15. The summed E-state index contributed by atoms with van der Waals surface area (Å²) in [4.78, 5) is 16.2. The summed E-state index contributed by atoms with van der Waals surface area (Å²) in [7, 11) is 1.62.